The van der Waals surface area contributed by atoms with Gasteiger partial charge in [-0.3, -0.25) is 14.5 Å². The standard InChI is InChI=1S/C20H22N4O4/c1-3-10-24(13-19-22-23-20(28-19)17-5-4-11-27-17)12-18(26)21-16-8-6-15(7-9-16)14(2)25/h4-9,11H,3,10,12-13H2,1-2H3,(H,21,26). The van der Waals surface area contributed by atoms with Gasteiger partial charge < -0.3 is 14.2 Å². The largest absolute Gasteiger partial charge is 0.459 e. The van der Waals surface area contributed by atoms with E-state index in [0.717, 1.165) is 6.42 Å². The van der Waals surface area contributed by atoms with Gasteiger partial charge in [0, 0.05) is 11.3 Å². The van der Waals surface area contributed by atoms with E-state index in [0.29, 0.717) is 41.9 Å². The van der Waals surface area contributed by atoms with Crippen molar-refractivity contribution in [3.8, 4) is 11.7 Å². The van der Waals surface area contributed by atoms with Crippen LogP contribution < -0.4 is 5.32 Å². The topological polar surface area (TPSA) is 101 Å². The summed E-state index contributed by atoms with van der Waals surface area (Å²) in [6, 6.07) is 10.3. The van der Waals surface area contributed by atoms with Crippen LogP contribution in [0.1, 0.15) is 36.5 Å². The van der Waals surface area contributed by atoms with E-state index < -0.39 is 0 Å². The fraction of sp³-hybridized carbons (Fsp3) is 0.300. The Balaban J connectivity index is 1.59. The lowest BCUT2D eigenvalue weighted by molar-refractivity contribution is -0.117. The van der Waals surface area contributed by atoms with Gasteiger partial charge in [0.2, 0.25) is 11.8 Å². The number of aromatic nitrogens is 2. The van der Waals surface area contributed by atoms with Crippen molar-refractivity contribution in [2.45, 2.75) is 26.8 Å². The van der Waals surface area contributed by atoms with Crippen LogP contribution in [0.5, 0.6) is 0 Å². The molecule has 0 aliphatic heterocycles. The number of rotatable bonds is 9. The zero-order valence-corrected chi connectivity index (χ0v) is 15.8. The van der Waals surface area contributed by atoms with Crippen molar-refractivity contribution in [3.05, 3.63) is 54.1 Å². The molecule has 2 heterocycles. The molecule has 3 aromatic rings. The van der Waals surface area contributed by atoms with E-state index in [2.05, 4.69) is 15.5 Å². The van der Waals surface area contributed by atoms with Crippen molar-refractivity contribution in [1.82, 2.24) is 15.1 Å². The molecule has 28 heavy (non-hydrogen) atoms. The van der Waals surface area contributed by atoms with Crippen LogP contribution in [-0.2, 0) is 11.3 Å². The zero-order chi connectivity index (χ0) is 19.9. The maximum Gasteiger partial charge on any atom is 0.283 e. The average molecular weight is 382 g/mol. The Morgan fingerprint density at radius 1 is 1.14 bits per heavy atom. The van der Waals surface area contributed by atoms with Gasteiger partial charge in [0.25, 0.3) is 5.89 Å². The molecule has 0 fully saturated rings. The van der Waals surface area contributed by atoms with E-state index in [4.69, 9.17) is 8.83 Å². The Morgan fingerprint density at radius 2 is 1.93 bits per heavy atom. The number of Topliss-reactive ketones (excluding diaryl/α,β-unsaturated/α-hetero) is 1. The Kier molecular flexibility index (Phi) is 6.33. The van der Waals surface area contributed by atoms with Crippen LogP contribution in [0.4, 0.5) is 5.69 Å². The number of carbonyl (C=O) groups excluding carboxylic acids is 2. The van der Waals surface area contributed by atoms with Crippen molar-refractivity contribution < 1.29 is 18.4 Å². The minimum absolute atomic E-state index is 0.0135. The van der Waals surface area contributed by atoms with E-state index in [9.17, 15) is 9.59 Å². The number of nitrogens with zero attached hydrogens (tertiary/aromatic N) is 3. The smallest absolute Gasteiger partial charge is 0.283 e. The first-order valence-corrected chi connectivity index (χ1v) is 9.04. The monoisotopic (exact) mass is 382 g/mol. The Morgan fingerprint density at radius 3 is 2.57 bits per heavy atom. The molecule has 1 amide bonds. The molecule has 0 saturated carbocycles. The van der Waals surface area contributed by atoms with Crippen LogP contribution in [0.15, 0.2) is 51.5 Å². The Hall–Kier alpha value is -3.26. The van der Waals surface area contributed by atoms with Gasteiger partial charge in [0.15, 0.2) is 11.5 Å². The Labute approximate surface area is 162 Å². The van der Waals surface area contributed by atoms with Crippen LogP contribution in [0, 0.1) is 0 Å². The minimum Gasteiger partial charge on any atom is -0.459 e. The predicted molar refractivity (Wildman–Crippen MR) is 103 cm³/mol. The summed E-state index contributed by atoms with van der Waals surface area (Å²) < 4.78 is 10.9. The number of anilines is 1. The van der Waals surface area contributed by atoms with Crippen LogP contribution >= 0.6 is 0 Å². The molecule has 0 unspecified atom stereocenters. The first-order chi connectivity index (χ1) is 13.5. The lowest BCUT2D eigenvalue weighted by Gasteiger charge is -2.19. The highest BCUT2D eigenvalue weighted by Crippen LogP contribution is 2.18. The molecule has 8 nitrogen and oxygen atoms in total. The fourth-order valence-corrected chi connectivity index (χ4v) is 2.73. The van der Waals surface area contributed by atoms with Gasteiger partial charge in [-0.25, -0.2) is 0 Å². The van der Waals surface area contributed by atoms with Gasteiger partial charge in [-0.2, -0.15) is 0 Å². The molecule has 1 N–H and O–H groups in total. The summed E-state index contributed by atoms with van der Waals surface area (Å²) in [5.74, 6) is 1.06. The molecular weight excluding hydrogens is 360 g/mol. The summed E-state index contributed by atoms with van der Waals surface area (Å²) in [5.41, 5.74) is 1.25. The third-order valence-corrected chi connectivity index (χ3v) is 4.04. The minimum atomic E-state index is -0.158. The van der Waals surface area contributed by atoms with E-state index >= 15 is 0 Å². The number of nitrogens with one attached hydrogen (secondary N) is 1. The van der Waals surface area contributed by atoms with Gasteiger partial charge in [-0.1, -0.05) is 6.92 Å². The first-order valence-electron chi connectivity index (χ1n) is 9.04. The second-order valence-corrected chi connectivity index (χ2v) is 6.37. The van der Waals surface area contributed by atoms with Crippen LogP contribution in [0.25, 0.3) is 11.7 Å². The molecule has 146 valence electrons. The van der Waals surface area contributed by atoms with Crippen molar-refractivity contribution in [3.63, 3.8) is 0 Å². The molecule has 0 saturated heterocycles. The van der Waals surface area contributed by atoms with Gasteiger partial charge in [0.05, 0.1) is 19.4 Å². The molecule has 8 heteroatoms. The second-order valence-electron chi connectivity index (χ2n) is 6.37. The maximum absolute atomic E-state index is 12.4. The predicted octanol–water partition coefficient (Wildman–Crippen LogP) is 3.38. The molecular formula is C20H22N4O4. The Bertz CT molecular complexity index is 916. The first kappa shape index (κ1) is 19.5. The third-order valence-electron chi connectivity index (χ3n) is 4.04. The summed E-state index contributed by atoms with van der Waals surface area (Å²) in [4.78, 5) is 25.7. The van der Waals surface area contributed by atoms with Crippen molar-refractivity contribution in [2.24, 2.45) is 0 Å². The van der Waals surface area contributed by atoms with E-state index in [1.807, 2.05) is 11.8 Å². The fourth-order valence-electron chi connectivity index (χ4n) is 2.73. The lowest BCUT2D eigenvalue weighted by atomic mass is 10.1. The van der Waals surface area contributed by atoms with Crippen molar-refractivity contribution in [1.29, 1.82) is 0 Å². The highest BCUT2D eigenvalue weighted by Gasteiger charge is 2.16. The van der Waals surface area contributed by atoms with Crippen LogP contribution in [0.2, 0.25) is 0 Å². The molecule has 0 aliphatic carbocycles. The third kappa shape index (κ3) is 5.14. The number of benzene rings is 1. The highest BCUT2D eigenvalue weighted by molar-refractivity contribution is 5.96. The zero-order valence-electron chi connectivity index (χ0n) is 15.8. The number of amides is 1. The van der Waals surface area contributed by atoms with Crippen molar-refractivity contribution in [2.75, 3.05) is 18.4 Å². The van der Waals surface area contributed by atoms with Crippen LogP contribution in [-0.4, -0.2) is 39.9 Å². The number of hydrogen-bond donors (Lipinski definition) is 1. The highest BCUT2D eigenvalue weighted by atomic mass is 16.4. The number of furan rings is 1. The molecule has 1 aromatic carbocycles. The molecule has 3 rings (SSSR count). The molecule has 0 radical (unpaired) electrons. The molecule has 0 atom stereocenters. The summed E-state index contributed by atoms with van der Waals surface area (Å²) >= 11 is 0. The summed E-state index contributed by atoms with van der Waals surface area (Å²) in [6.45, 7) is 4.78. The van der Waals surface area contributed by atoms with E-state index in [1.165, 1.54) is 13.2 Å². The lowest BCUT2D eigenvalue weighted by Crippen LogP contribution is -2.33. The number of hydrogen-bond acceptors (Lipinski definition) is 7. The normalized spacial score (nSPS) is 11.0. The van der Waals surface area contributed by atoms with Gasteiger partial charge in [-0.05, 0) is 56.3 Å². The maximum atomic E-state index is 12.4. The van der Waals surface area contributed by atoms with Gasteiger partial charge in [-0.15, -0.1) is 10.2 Å². The van der Waals surface area contributed by atoms with Gasteiger partial charge >= 0.3 is 0 Å². The quantitative estimate of drug-likeness (QED) is 0.566. The number of ketones is 1. The molecule has 2 aromatic heterocycles. The molecule has 0 spiro atoms. The van der Waals surface area contributed by atoms with Crippen LogP contribution in [0.3, 0.4) is 0 Å². The van der Waals surface area contributed by atoms with Gasteiger partial charge in [0.1, 0.15) is 0 Å². The molecule has 0 bridgehead atoms. The summed E-state index contributed by atoms with van der Waals surface area (Å²) in [6.07, 6.45) is 2.41. The average Bonchev–Trinajstić information content (AvgIpc) is 3.33. The second kappa shape index (κ2) is 9.09. The van der Waals surface area contributed by atoms with E-state index in [-0.39, 0.29) is 18.2 Å². The summed E-state index contributed by atoms with van der Waals surface area (Å²) in [7, 11) is 0. The molecule has 0 aliphatic rings. The summed E-state index contributed by atoms with van der Waals surface area (Å²) in [5, 5.41) is 10.8. The van der Waals surface area contributed by atoms with Crippen molar-refractivity contribution >= 4 is 17.4 Å². The number of carbonyl (C=O) groups is 2. The SMILES string of the molecule is CCCN(CC(=O)Nc1ccc(C(C)=O)cc1)Cc1nnc(-c2ccco2)o1. The van der Waals surface area contributed by atoms with E-state index in [1.54, 1.807) is 36.4 Å².